The van der Waals surface area contributed by atoms with Crippen molar-refractivity contribution in [2.45, 2.75) is 20.0 Å². The Morgan fingerprint density at radius 1 is 1.06 bits per heavy atom. The predicted octanol–water partition coefficient (Wildman–Crippen LogP) is 3.37. The molecule has 0 saturated heterocycles. The van der Waals surface area contributed by atoms with Gasteiger partial charge in [-0.25, -0.2) is 9.67 Å². The minimum Gasteiger partial charge on any atom is -0.346 e. The van der Waals surface area contributed by atoms with Crippen LogP contribution in [0.2, 0.25) is 5.02 Å². The van der Waals surface area contributed by atoms with E-state index in [1.807, 2.05) is 35.0 Å². The number of hydrogen-bond acceptors (Lipinski definition) is 4. The van der Waals surface area contributed by atoms with Gasteiger partial charge in [0, 0.05) is 42.3 Å². The third kappa shape index (κ3) is 4.90. The third-order valence-corrected chi connectivity index (χ3v) is 5.05. The minimum absolute atomic E-state index is 0.155. The molecule has 156 valence electrons. The van der Waals surface area contributed by atoms with Gasteiger partial charge in [-0.05, 0) is 42.3 Å². The Morgan fingerprint density at radius 2 is 1.77 bits per heavy atom. The predicted molar refractivity (Wildman–Crippen MR) is 119 cm³/mol. The Bertz CT molecular complexity index is 1250. The lowest BCUT2D eigenvalue weighted by Crippen LogP contribution is -2.31. The zero-order valence-electron chi connectivity index (χ0n) is 16.8. The van der Waals surface area contributed by atoms with Crippen molar-refractivity contribution in [3.8, 4) is 5.69 Å². The van der Waals surface area contributed by atoms with Gasteiger partial charge in [0.1, 0.15) is 0 Å². The van der Waals surface area contributed by atoms with E-state index in [1.165, 1.54) is 6.07 Å². The molecule has 0 aliphatic heterocycles. The Labute approximate surface area is 183 Å². The second kappa shape index (κ2) is 8.97. The Morgan fingerprint density at radius 3 is 2.45 bits per heavy atom. The first kappa shape index (κ1) is 20.6. The minimum atomic E-state index is -0.518. The SMILES string of the molecule is Cc1cc(=O)c(C(=O)NCc2ccc(Cn3ccnc3)cc2)nn1-c1ccc(Cl)cc1. The summed E-state index contributed by atoms with van der Waals surface area (Å²) in [5, 5.41) is 7.65. The van der Waals surface area contributed by atoms with Crippen LogP contribution in [0, 0.1) is 6.92 Å². The van der Waals surface area contributed by atoms with Crippen LogP contribution in [0.3, 0.4) is 0 Å². The van der Waals surface area contributed by atoms with E-state index < -0.39 is 11.3 Å². The van der Waals surface area contributed by atoms with Gasteiger partial charge < -0.3 is 9.88 Å². The number of benzene rings is 2. The van der Waals surface area contributed by atoms with E-state index in [9.17, 15) is 9.59 Å². The molecule has 0 atom stereocenters. The quantitative estimate of drug-likeness (QED) is 0.505. The van der Waals surface area contributed by atoms with E-state index in [0.29, 0.717) is 22.9 Å². The summed E-state index contributed by atoms with van der Waals surface area (Å²) < 4.78 is 3.53. The van der Waals surface area contributed by atoms with E-state index in [-0.39, 0.29) is 5.69 Å². The number of aryl methyl sites for hydroxylation is 1. The summed E-state index contributed by atoms with van der Waals surface area (Å²) >= 11 is 5.94. The van der Waals surface area contributed by atoms with Crippen LogP contribution in [0.5, 0.6) is 0 Å². The molecule has 1 N–H and O–H groups in total. The molecule has 0 saturated carbocycles. The van der Waals surface area contributed by atoms with Crippen LogP contribution in [0.15, 0.2) is 78.1 Å². The number of amides is 1. The van der Waals surface area contributed by atoms with Crippen molar-refractivity contribution in [3.63, 3.8) is 0 Å². The monoisotopic (exact) mass is 433 g/mol. The van der Waals surface area contributed by atoms with E-state index >= 15 is 0 Å². The first-order valence-corrected chi connectivity index (χ1v) is 10.1. The number of nitrogens with zero attached hydrogens (tertiary/aromatic N) is 4. The van der Waals surface area contributed by atoms with Crippen molar-refractivity contribution in [2.24, 2.45) is 0 Å². The topological polar surface area (TPSA) is 81.8 Å². The maximum atomic E-state index is 12.6. The van der Waals surface area contributed by atoms with Gasteiger partial charge in [0.25, 0.3) is 5.91 Å². The zero-order valence-corrected chi connectivity index (χ0v) is 17.6. The molecule has 7 nitrogen and oxygen atoms in total. The molecule has 0 bridgehead atoms. The molecule has 0 unspecified atom stereocenters. The van der Waals surface area contributed by atoms with Gasteiger partial charge in [0.15, 0.2) is 5.69 Å². The van der Waals surface area contributed by atoms with Crippen molar-refractivity contribution < 1.29 is 4.79 Å². The number of hydrogen-bond donors (Lipinski definition) is 1. The number of carbonyl (C=O) groups excluding carboxylic acids is 1. The highest BCUT2D eigenvalue weighted by Gasteiger charge is 2.15. The zero-order chi connectivity index (χ0) is 21.8. The lowest BCUT2D eigenvalue weighted by atomic mass is 10.1. The van der Waals surface area contributed by atoms with Crippen molar-refractivity contribution in [3.05, 3.63) is 111 Å². The van der Waals surface area contributed by atoms with E-state index in [2.05, 4.69) is 15.4 Å². The molecule has 0 aliphatic carbocycles. The molecule has 0 aliphatic rings. The average Bonchev–Trinajstić information content (AvgIpc) is 3.27. The number of nitrogens with one attached hydrogen (secondary N) is 1. The number of carbonyl (C=O) groups is 1. The Kier molecular flexibility index (Phi) is 5.95. The molecule has 8 heteroatoms. The summed E-state index contributed by atoms with van der Waals surface area (Å²) in [6.07, 6.45) is 5.41. The summed E-state index contributed by atoms with van der Waals surface area (Å²) in [6, 6.07) is 16.3. The van der Waals surface area contributed by atoms with Gasteiger partial charge in [-0.15, -0.1) is 0 Å². The fourth-order valence-electron chi connectivity index (χ4n) is 3.17. The van der Waals surface area contributed by atoms with Gasteiger partial charge in [-0.3, -0.25) is 9.59 Å². The Hall–Kier alpha value is -3.71. The molecule has 0 radical (unpaired) electrons. The van der Waals surface area contributed by atoms with Crippen LogP contribution in [-0.4, -0.2) is 25.2 Å². The smallest absolute Gasteiger partial charge is 0.276 e. The van der Waals surface area contributed by atoms with Gasteiger partial charge in [-0.2, -0.15) is 5.10 Å². The van der Waals surface area contributed by atoms with Crippen LogP contribution < -0.4 is 10.7 Å². The van der Waals surface area contributed by atoms with Crippen molar-refractivity contribution in [2.75, 3.05) is 0 Å². The van der Waals surface area contributed by atoms with Gasteiger partial charge in [0.2, 0.25) is 5.43 Å². The van der Waals surface area contributed by atoms with E-state index in [1.54, 1.807) is 48.4 Å². The standard InChI is InChI=1S/C23H20ClN5O2/c1-16-12-21(30)22(27-29(16)20-8-6-19(24)7-9-20)23(31)26-13-17-2-4-18(5-3-17)14-28-11-10-25-15-28/h2-12,15H,13-14H2,1H3,(H,26,31). The highest BCUT2D eigenvalue weighted by Crippen LogP contribution is 2.14. The molecular formula is C23H20ClN5O2. The molecule has 2 aromatic heterocycles. The van der Waals surface area contributed by atoms with E-state index in [0.717, 1.165) is 17.7 Å². The fraction of sp³-hybridized carbons (Fsp3) is 0.130. The highest BCUT2D eigenvalue weighted by molar-refractivity contribution is 6.30. The van der Waals surface area contributed by atoms with Crippen LogP contribution >= 0.6 is 11.6 Å². The molecule has 2 heterocycles. The molecule has 31 heavy (non-hydrogen) atoms. The number of rotatable bonds is 6. The molecule has 2 aromatic carbocycles. The van der Waals surface area contributed by atoms with Crippen molar-refractivity contribution in [1.82, 2.24) is 24.6 Å². The highest BCUT2D eigenvalue weighted by atomic mass is 35.5. The van der Waals surface area contributed by atoms with Gasteiger partial charge >= 0.3 is 0 Å². The molecule has 0 fully saturated rings. The number of halogens is 1. The third-order valence-electron chi connectivity index (χ3n) is 4.79. The van der Waals surface area contributed by atoms with E-state index in [4.69, 9.17) is 11.6 Å². The van der Waals surface area contributed by atoms with Crippen molar-refractivity contribution >= 4 is 17.5 Å². The normalized spacial score (nSPS) is 10.8. The van der Waals surface area contributed by atoms with Crippen molar-refractivity contribution in [1.29, 1.82) is 0 Å². The lowest BCUT2D eigenvalue weighted by molar-refractivity contribution is 0.0943. The average molecular weight is 434 g/mol. The molecular weight excluding hydrogens is 414 g/mol. The summed E-state index contributed by atoms with van der Waals surface area (Å²) in [7, 11) is 0. The molecule has 1 amide bonds. The molecule has 4 aromatic rings. The molecule has 4 rings (SSSR count). The maximum Gasteiger partial charge on any atom is 0.276 e. The van der Waals surface area contributed by atoms with Crippen LogP contribution in [0.1, 0.15) is 27.3 Å². The van der Waals surface area contributed by atoms with Gasteiger partial charge in [0.05, 0.1) is 12.0 Å². The molecule has 0 spiro atoms. The van der Waals surface area contributed by atoms with Gasteiger partial charge in [-0.1, -0.05) is 35.9 Å². The van der Waals surface area contributed by atoms with Crippen LogP contribution in [-0.2, 0) is 13.1 Å². The first-order valence-electron chi connectivity index (χ1n) is 9.68. The lowest BCUT2D eigenvalue weighted by Gasteiger charge is -2.12. The first-order chi connectivity index (χ1) is 15.0. The second-order valence-corrected chi connectivity index (χ2v) is 7.56. The number of imidazole rings is 1. The Balaban J connectivity index is 1.46. The fourth-order valence-corrected chi connectivity index (χ4v) is 3.29. The van der Waals surface area contributed by atoms with Crippen LogP contribution in [0.25, 0.3) is 5.69 Å². The number of aromatic nitrogens is 4. The summed E-state index contributed by atoms with van der Waals surface area (Å²) in [5.41, 5.74) is 2.81. The maximum absolute atomic E-state index is 12.6. The second-order valence-electron chi connectivity index (χ2n) is 7.12. The van der Waals surface area contributed by atoms with Crippen LogP contribution in [0.4, 0.5) is 0 Å². The largest absolute Gasteiger partial charge is 0.346 e. The summed E-state index contributed by atoms with van der Waals surface area (Å²) in [5.74, 6) is -0.518. The summed E-state index contributed by atoms with van der Waals surface area (Å²) in [4.78, 5) is 29.0. The summed E-state index contributed by atoms with van der Waals surface area (Å²) in [6.45, 7) is 2.78.